The average Bonchev–Trinajstić information content (AvgIpc) is 3.11. The molecule has 0 aliphatic carbocycles. The largest absolute Gasteiger partial charge is 0.468 e. The van der Waals surface area contributed by atoms with Crippen LogP contribution >= 0.6 is 0 Å². The quantitative estimate of drug-likeness (QED) is 0.633. The predicted molar refractivity (Wildman–Crippen MR) is 104 cm³/mol. The molecular weight excluding hydrogens is 399 g/mol. The standard InChI is InChI=1S/C20H22F3N5O2/c1-4-24-18(29)8-17-15-10-28(27-16(15)5-6-25-17)13(3)14-7-12(2)19(26-9-14)30-11-20(21,22)23/h5-7,9-10,13H,4,8,11H2,1-3H3,(H,24,29). The number of likely N-dealkylation sites (N-methyl/N-ethyl adjacent to an activating group) is 1. The summed E-state index contributed by atoms with van der Waals surface area (Å²) in [4.78, 5) is 20.3. The van der Waals surface area contributed by atoms with Crippen LogP contribution in [0.25, 0.3) is 10.9 Å². The van der Waals surface area contributed by atoms with Gasteiger partial charge in [-0.1, -0.05) is 0 Å². The molecule has 7 nitrogen and oxygen atoms in total. The number of fused-ring (bicyclic) bond motifs is 1. The minimum atomic E-state index is -4.42. The summed E-state index contributed by atoms with van der Waals surface area (Å²) in [6, 6.07) is 3.25. The van der Waals surface area contributed by atoms with Crippen LogP contribution in [-0.4, -0.2) is 45.0 Å². The van der Waals surface area contributed by atoms with Crippen molar-refractivity contribution in [1.29, 1.82) is 0 Å². The molecule has 0 aliphatic heterocycles. The number of nitrogens with zero attached hydrogens (tertiary/aromatic N) is 4. The van der Waals surface area contributed by atoms with Crippen LogP contribution in [0.5, 0.6) is 5.88 Å². The van der Waals surface area contributed by atoms with Crippen molar-refractivity contribution in [3.63, 3.8) is 0 Å². The van der Waals surface area contributed by atoms with Crippen LogP contribution < -0.4 is 10.1 Å². The molecule has 3 heterocycles. The van der Waals surface area contributed by atoms with Gasteiger partial charge >= 0.3 is 6.18 Å². The van der Waals surface area contributed by atoms with Crippen LogP contribution in [0.3, 0.4) is 0 Å². The van der Waals surface area contributed by atoms with E-state index in [4.69, 9.17) is 4.74 Å². The van der Waals surface area contributed by atoms with Crippen LogP contribution in [0, 0.1) is 6.92 Å². The molecule has 0 saturated carbocycles. The van der Waals surface area contributed by atoms with Crippen molar-refractivity contribution in [3.05, 3.63) is 47.5 Å². The Morgan fingerprint density at radius 3 is 2.77 bits per heavy atom. The zero-order valence-corrected chi connectivity index (χ0v) is 16.8. The van der Waals surface area contributed by atoms with Crippen LogP contribution in [0.4, 0.5) is 13.2 Å². The number of carbonyl (C=O) groups excluding carboxylic acids is 1. The first-order valence-electron chi connectivity index (χ1n) is 9.43. The van der Waals surface area contributed by atoms with E-state index < -0.39 is 12.8 Å². The highest BCUT2D eigenvalue weighted by molar-refractivity contribution is 5.86. The molecule has 0 spiro atoms. The van der Waals surface area contributed by atoms with Gasteiger partial charge in [0.2, 0.25) is 11.8 Å². The number of hydrogen-bond acceptors (Lipinski definition) is 5. The highest BCUT2D eigenvalue weighted by atomic mass is 19.4. The van der Waals surface area contributed by atoms with Crippen molar-refractivity contribution in [2.75, 3.05) is 13.2 Å². The minimum absolute atomic E-state index is 0.0534. The maximum absolute atomic E-state index is 12.4. The Labute approximate surface area is 171 Å². The topological polar surface area (TPSA) is 81.9 Å². The van der Waals surface area contributed by atoms with E-state index >= 15 is 0 Å². The zero-order valence-electron chi connectivity index (χ0n) is 16.8. The summed E-state index contributed by atoms with van der Waals surface area (Å²) in [6.07, 6.45) is 0.623. The molecule has 1 unspecified atom stereocenters. The molecular formula is C20H22F3N5O2. The molecule has 1 N–H and O–H groups in total. The van der Waals surface area contributed by atoms with Gasteiger partial charge in [0.1, 0.15) is 0 Å². The summed E-state index contributed by atoms with van der Waals surface area (Å²) < 4.78 is 43.6. The number of rotatable bonds is 7. The van der Waals surface area contributed by atoms with E-state index in [1.54, 1.807) is 29.9 Å². The summed E-state index contributed by atoms with van der Waals surface area (Å²) in [6.45, 7) is 4.54. The molecule has 10 heteroatoms. The lowest BCUT2D eigenvalue weighted by molar-refractivity contribution is -0.154. The lowest BCUT2D eigenvalue weighted by Gasteiger charge is -2.15. The van der Waals surface area contributed by atoms with E-state index in [-0.39, 0.29) is 24.2 Å². The van der Waals surface area contributed by atoms with E-state index in [1.807, 2.05) is 20.0 Å². The van der Waals surface area contributed by atoms with Gasteiger partial charge in [-0.3, -0.25) is 14.5 Å². The van der Waals surface area contributed by atoms with Crippen LogP contribution in [-0.2, 0) is 11.2 Å². The second-order valence-corrected chi connectivity index (χ2v) is 6.90. The van der Waals surface area contributed by atoms with Gasteiger partial charge in [-0.15, -0.1) is 0 Å². The summed E-state index contributed by atoms with van der Waals surface area (Å²) in [5, 5.41) is 8.08. The number of ether oxygens (including phenoxy) is 1. The van der Waals surface area contributed by atoms with E-state index in [2.05, 4.69) is 20.4 Å². The Bertz CT molecular complexity index is 1050. The summed E-state index contributed by atoms with van der Waals surface area (Å²) >= 11 is 0. The predicted octanol–water partition coefficient (Wildman–Crippen LogP) is 3.36. The van der Waals surface area contributed by atoms with Crippen molar-refractivity contribution in [3.8, 4) is 5.88 Å². The number of hydrogen-bond donors (Lipinski definition) is 1. The molecule has 0 radical (unpaired) electrons. The monoisotopic (exact) mass is 421 g/mol. The highest BCUT2D eigenvalue weighted by Gasteiger charge is 2.29. The van der Waals surface area contributed by atoms with Gasteiger partial charge in [0.15, 0.2) is 6.61 Å². The molecule has 160 valence electrons. The second-order valence-electron chi connectivity index (χ2n) is 6.90. The second kappa shape index (κ2) is 8.68. The molecule has 0 fully saturated rings. The SMILES string of the molecule is CCNC(=O)Cc1nccc2nn(C(C)c3cnc(OCC(F)(F)F)c(C)c3)cc12. The maximum atomic E-state index is 12.4. The number of nitrogens with one attached hydrogen (secondary N) is 1. The number of carbonyl (C=O) groups is 1. The van der Waals surface area contributed by atoms with Gasteiger partial charge in [-0.2, -0.15) is 18.3 Å². The third kappa shape index (κ3) is 5.05. The average molecular weight is 421 g/mol. The maximum Gasteiger partial charge on any atom is 0.422 e. The summed E-state index contributed by atoms with van der Waals surface area (Å²) in [7, 11) is 0. The molecule has 1 atom stereocenters. The molecule has 0 bridgehead atoms. The number of aromatic nitrogens is 4. The van der Waals surface area contributed by atoms with Crippen molar-refractivity contribution >= 4 is 16.8 Å². The lowest BCUT2D eigenvalue weighted by Crippen LogP contribution is -2.24. The third-order valence-corrected chi connectivity index (χ3v) is 4.54. The first kappa shape index (κ1) is 21.5. The number of halogens is 3. The molecule has 3 rings (SSSR count). The third-order valence-electron chi connectivity index (χ3n) is 4.54. The van der Waals surface area contributed by atoms with Gasteiger partial charge in [-0.05, 0) is 38.5 Å². The smallest absolute Gasteiger partial charge is 0.422 e. The van der Waals surface area contributed by atoms with Gasteiger partial charge in [-0.25, -0.2) is 4.98 Å². The molecule has 3 aromatic heterocycles. The Balaban J connectivity index is 1.83. The van der Waals surface area contributed by atoms with Crippen molar-refractivity contribution in [2.24, 2.45) is 0 Å². The van der Waals surface area contributed by atoms with Gasteiger partial charge < -0.3 is 10.1 Å². The van der Waals surface area contributed by atoms with E-state index in [0.717, 1.165) is 10.9 Å². The lowest BCUT2D eigenvalue weighted by atomic mass is 10.1. The Kier molecular flexibility index (Phi) is 6.23. The molecule has 0 aliphatic rings. The summed E-state index contributed by atoms with van der Waals surface area (Å²) in [5.41, 5.74) is 2.59. The summed E-state index contributed by atoms with van der Waals surface area (Å²) in [5.74, 6) is -0.171. The fraction of sp³-hybridized carbons (Fsp3) is 0.400. The van der Waals surface area contributed by atoms with Crippen LogP contribution in [0.1, 0.15) is 36.7 Å². The fourth-order valence-electron chi connectivity index (χ4n) is 3.04. The van der Waals surface area contributed by atoms with Gasteiger partial charge in [0, 0.05) is 36.1 Å². The van der Waals surface area contributed by atoms with Crippen molar-refractivity contribution < 1.29 is 22.7 Å². The Morgan fingerprint density at radius 2 is 2.10 bits per heavy atom. The molecule has 1 amide bonds. The number of aryl methyl sites for hydroxylation is 1. The Hall–Kier alpha value is -3.17. The molecule has 30 heavy (non-hydrogen) atoms. The normalized spacial score (nSPS) is 12.7. The molecule has 3 aromatic rings. The van der Waals surface area contributed by atoms with Crippen LogP contribution in [0.2, 0.25) is 0 Å². The van der Waals surface area contributed by atoms with Crippen molar-refractivity contribution in [2.45, 2.75) is 39.4 Å². The van der Waals surface area contributed by atoms with E-state index in [0.29, 0.717) is 23.3 Å². The zero-order chi connectivity index (χ0) is 21.9. The van der Waals surface area contributed by atoms with Crippen LogP contribution in [0.15, 0.2) is 30.7 Å². The number of alkyl halides is 3. The molecule has 0 aromatic carbocycles. The number of amides is 1. The fourth-order valence-corrected chi connectivity index (χ4v) is 3.04. The minimum Gasteiger partial charge on any atom is -0.468 e. The highest BCUT2D eigenvalue weighted by Crippen LogP contribution is 2.26. The van der Waals surface area contributed by atoms with E-state index in [1.165, 1.54) is 6.20 Å². The molecule has 0 saturated heterocycles. The number of pyridine rings is 2. The first-order chi connectivity index (χ1) is 14.2. The van der Waals surface area contributed by atoms with Gasteiger partial charge in [0.25, 0.3) is 0 Å². The van der Waals surface area contributed by atoms with E-state index in [9.17, 15) is 18.0 Å². The van der Waals surface area contributed by atoms with Crippen molar-refractivity contribution in [1.82, 2.24) is 25.1 Å². The Morgan fingerprint density at radius 1 is 1.33 bits per heavy atom. The van der Waals surface area contributed by atoms with Gasteiger partial charge in [0.05, 0.1) is 23.7 Å². The first-order valence-corrected chi connectivity index (χ1v) is 9.43.